The monoisotopic (exact) mass is 441 g/mol. The van der Waals surface area contributed by atoms with Gasteiger partial charge in [0.25, 0.3) is 16.8 Å². The molecule has 1 heterocycles. The first-order valence-electron chi connectivity index (χ1n) is 10.7. The zero-order chi connectivity index (χ0) is 24.0. The second-order valence-corrected chi connectivity index (χ2v) is 7.44. The average molecular weight is 442 g/mol. The highest BCUT2D eigenvalue weighted by atomic mass is 16.3. The number of phenols is 1. The molecule has 3 N–H and O–H groups in total. The highest BCUT2D eigenvalue weighted by Crippen LogP contribution is 2.32. The number of nitrogens with one attached hydrogen (secondary N) is 2. The van der Waals surface area contributed by atoms with Crippen molar-refractivity contribution in [1.82, 2.24) is 4.90 Å². The number of carbonyl (C=O) groups is 1. The van der Waals surface area contributed by atoms with Crippen molar-refractivity contribution in [2.45, 2.75) is 46.6 Å². The fourth-order valence-electron chi connectivity index (χ4n) is 3.03. The number of hydrogen-bond acceptors (Lipinski definition) is 7. The highest BCUT2D eigenvalue weighted by molar-refractivity contribution is 5.99. The maximum Gasteiger partial charge on any atom is 0.257 e. The van der Waals surface area contributed by atoms with Crippen LogP contribution in [0.3, 0.4) is 0 Å². The largest absolute Gasteiger partial charge is 0.505 e. The van der Waals surface area contributed by atoms with E-state index in [1.807, 2.05) is 19.9 Å². The van der Waals surface area contributed by atoms with Crippen molar-refractivity contribution < 1.29 is 14.3 Å². The maximum absolute atomic E-state index is 12.2. The molecule has 0 fully saturated rings. The number of aromatic hydroxyl groups is 1. The fraction of sp³-hybridized carbons (Fsp3) is 0.375. The maximum atomic E-state index is 12.2. The van der Waals surface area contributed by atoms with E-state index in [-0.39, 0.29) is 40.8 Å². The van der Waals surface area contributed by atoms with Crippen molar-refractivity contribution in [2.24, 2.45) is 0 Å². The number of phenolic OH excluding ortho intramolecular Hbond substituents is 1. The molecule has 1 atom stereocenters. The zero-order valence-corrected chi connectivity index (χ0v) is 19.4. The number of hydrogen-bond donors (Lipinski definition) is 3. The van der Waals surface area contributed by atoms with Gasteiger partial charge in [-0.2, -0.15) is 0 Å². The summed E-state index contributed by atoms with van der Waals surface area (Å²) >= 11 is 0. The summed E-state index contributed by atoms with van der Waals surface area (Å²) < 4.78 is 5.52. The van der Waals surface area contributed by atoms with Crippen LogP contribution in [-0.4, -0.2) is 30.0 Å². The Morgan fingerprint density at radius 3 is 2.44 bits per heavy atom. The summed E-state index contributed by atoms with van der Waals surface area (Å²) in [6, 6.07) is 6.50. The van der Waals surface area contributed by atoms with E-state index in [1.54, 1.807) is 26.4 Å². The quantitative estimate of drug-likeness (QED) is 0.355. The first-order chi connectivity index (χ1) is 15.2. The molecule has 1 aromatic heterocycles. The molecule has 3 aromatic rings. The Hall–Kier alpha value is -3.55. The molecule has 3 rings (SSSR count). The fourth-order valence-corrected chi connectivity index (χ4v) is 3.03. The number of nitrogens with zero attached hydrogens (tertiary/aromatic N) is 1. The van der Waals surface area contributed by atoms with Crippen LogP contribution >= 0.6 is 0 Å². The normalized spacial score (nSPS) is 11.4. The number of furan rings is 1. The van der Waals surface area contributed by atoms with Gasteiger partial charge in [-0.1, -0.05) is 33.8 Å². The Bertz CT molecular complexity index is 1140. The molecule has 8 heteroatoms. The Morgan fingerprint density at radius 2 is 1.81 bits per heavy atom. The van der Waals surface area contributed by atoms with Crippen LogP contribution < -0.4 is 21.5 Å². The molecule has 0 aliphatic rings. The predicted molar refractivity (Wildman–Crippen MR) is 127 cm³/mol. The Balaban J connectivity index is 0.00000176. The SMILES string of the molecule is CC.CCC(C)c1coc(CNc2c(Nc3cccc(C(=O)N(C)C)c3O)c(=O)c2=O)c1. The topological polar surface area (TPSA) is 112 Å². The number of amides is 1. The van der Waals surface area contributed by atoms with Crippen LogP contribution in [-0.2, 0) is 6.54 Å². The van der Waals surface area contributed by atoms with E-state index in [0.29, 0.717) is 11.7 Å². The minimum Gasteiger partial charge on any atom is -0.505 e. The second-order valence-electron chi connectivity index (χ2n) is 7.44. The van der Waals surface area contributed by atoms with E-state index in [1.165, 1.54) is 17.0 Å². The molecular formula is C24H31N3O5. The second kappa shape index (κ2) is 10.7. The van der Waals surface area contributed by atoms with Crippen LogP contribution in [0.4, 0.5) is 17.1 Å². The van der Waals surface area contributed by atoms with E-state index in [0.717, 1.165) is 12.0 Å². The third-order valence-corrected chi connectivity index (χ3v) is 5.14. The standard InChI is InChI=1S/C22H25N3O5.C2H6/c1-5-12(2)13-9-14(30-11-13)10-23-17-18(21(28)20(17)27)24-16-8-6-7-15(19(16)26)22(29)25(3)4;1-2/h6-9,11-12,23-24,26H,5,10H2,1-4H3;1-2H3. The first kappa shape index (κ1) is 24.7. The number of anilines is 3. The Morgan fingerprint density at radius 1 is 1.16 bits per heavy atom. The molecule has 0 radical (unpaired) electrons. The molecule has 0 saturated heterocycles. The van der Waals surface area contributed by atoms with E-state index in [9.17, 15) is 19.5 Å². The van der Waals surface area contributed by atoms with Gasteiger partial charge in [-0.15, -0.1) is 0 Å². The van der Waals surface area contributed by atoms with E-state index < -0.39 is 10.9 Å². The van der Waals surface area contributed by atoms with Gasteiger partial charge in [0.2, 0.25) is 0 Å². The molecule has 2 aromatic carbocycles. The summed E-state index contributed by atoms with van der Waals surface area (Å²) in [5.74, 6) is 0.338. The third-order valence-electron chi connectivity index (χ3n) is 5.14. The predicted octanol–water partition coefficient (Wildman–Crippen LogP) is 4.18. The smallest absolute Gasteiger partial charge is 0.257 e. The minimum absolute atomic E-state index is 0.0402. The van der Waals surface area contributed by atoms with Gasteiger partial charge in [0, 0.05) is 14.1 Å². The lowest BCUT2D eigenvalue weighted by atomic mass is 10.0. The summed E-state index contributed by atoms with van der Waals surface area (Å²) in [6.45, 7) is 8.43. The van der Waals surface area contributed by atoms with E-state index in [4.69, 9.17) is 4.42 Å². The van der Waals surface area contributed by atoms with Crippen LogP contribution in [0.1, 0.15) is 61.7 Å². The summed E-state index contributed by atoms with van der Waals surface area (Å²) in [5, 5.41) is 16.1. The number of rotatable bonds is 8. The van der Waals surface area contributed by atoms with Gasteiger partial charge in [-0.3, -0.25) is 14.4 Å². The summed E-state index contributed by atoms with van der Waals surface area (Å²) in [4.78, 5) is 37.6. The lowest BCUT2D eigenvalue weighted by Crippen LogP contribution is -2.36. The van der Waals surface area contributed by atoms with Crippen molar-refractivity contribution >= 4 is 23.0 Å². The van der Waals surface area contributed by atoms with Crippen molar-refractivity contribution in [1.29, 1.82) is 0 Å². The van der Waals surface area contributed by atoms with E-state index >= 15 is 0 Å². The first-order valence-corrected chi connectivity index (χ1v) is 10.7. The molecule has 0 aliphatic heterocycles. The summed E-state index contributed by atoms with van der Waals surface area (Å²) in [6.07, 6.45) is 2.68. The van der Waals surface area contributed by atoms with Crippen LogP contribution in [0.5, 0.6) is 5.75 Å². The Kier molecular flexibility index (Phi) is 8.23. The minimum atomic E-state index is -0.694. The van der Waals surface area contributed by atoms with Gasteiger partial charge >= 0.3 is 0 Å². The van der Waals surface area contributed by atoms with Crippen LogP contribution in [0.2, 0.25) is 0 Å². The molecule has 1 unspecified atom stereocenters. The van der Waals surface area contributed by atoms with Crippen LogP contribution in [0, 0.1) is 0 Å². The van der Waals surface area contributed by atoms with Crippen molar-refractivity contribution in [3.05, 3.63) is 67.9 Å². The molecule has 172 valence electrons. The van der Waals surface area contributed by atoms with Gasteiger partial charge in [0.1, 0.15) is 17.1 Å². The van der Waals surface area contributed by atoms with Gasteiger partial charge < -0.3 is 25.1 Å². The summed E-state index contributed by atoms with van der Waals surface area (Å²) in [7, 11) is 3.14. The van der Waals surface area contributed by atoms with Crippen molar-refractivity contribution in [3.63, 3.8) is 0 Å². The summed E-state index contributed by atoms with van der Waals surface area (Å²) in [5.41, 5.74) is 0.141. The van der Waals surface area contributed by atoms with Gasteiger partial charge in [-0.05, 0) is 36.1 Å². The highest BCUT2D eigenvalue weighted by Gasteiger charge is 2.23. The van der Waals surface area contributed by atoms with Gasteiger partial charge in [-0.25, -0.2) is 0 Å². The zero-order valence-electron chi connectivity index (χ0n) is 19.4. The molecule has 1 amide bonds. The molecule has 8 nitrogen and oxygen atoms in total. The Labute approximate surface area is 187 Å². The molecule has 0 saturated carbocycles. The lowest BCUT2D eigenvalue weighted by molar-refractivity contribution is 0.0824. The molecule has 0 bridgehead atoms. The van der Waals surface area contributed by atoms with Gasteiger partial charge in [0.05, 0.1) is 24.1 Å². The van der Waals surface area contributed by atoms with Crippen LogP contribution in [0.15, 0.2) is 44.5 Å². The van der Waals surface area contributed by atoms with Crippen molar-refractivity contribution in [3.8, 4) is 5.75 Å². The van der Waals surface area contributed by atoms with Crippen molar-refractivity contribution in [2.75, 3.05) is 24.7 Å². The van der Waals surface area contributed by atoms with E-state index in [2.05, 4.69) is 24.5 Å². The molecule has 0 aliphatic carbocycles. The van der Waals surface area contributed by atoms with Gasteiger partial charge in [0.15, 0.2) is 5.75 Å². The third kappa shape index (κ3) is 5.01. The average Bonchev–Trinajstić information content (AvgIpc) is 3.28. The number of carbonyl (C=O) groups excluding carboxylic acids is 1. The molecular weight excluding hydrogens is 410 g/mol. The molecule has 0 spiro atoms. The lowest BCUT2D eigenvalue weighted by Gasteiger charge is -2.17. The molecule has 32 heavy (non-hydrogen) atoms. The van der Waals surface area contributed by atoms with Crippen LogP contribution in [0.25, 0.3) is 0 Å². The number of benzene rings is 1. The number of para-hydroxylation sites is 1.